The van der Waals surface area contributed by atoms with Gasteiger partial charge in [0.25, 0.3) is 0 Å². The molecule has 0 fully saturated rings. The van der Waals surface area contributed by atoms with Crippen LogP contribution in [-0.4, -0.2) is 22.2 Å². The van der Waals surface area contributed by atoms with Crippen molar-refractivity contribution in [3.05, 3.63) is 0 Å². The van der Waals surface area contributed by atoms with E-state index in [0.29, 0.717) is 24.7 Å². The van der Waals surface area contributed by atoms with Gasteiger partial charge in [-0.05, 0) is 0 Å². The Bertz CT molecular complexity index is 109. The second-order valence-corrected chi connectivity index (χ2v) is 1.29. The van der Waals surface area contributed by atoms with Crippen molar-refractivity contribution in [1.82, 2.24) is 0 Å². The molecule has 0 aliphatic heterocycles. The van der Waals surface area contributed by atoms with Crippen LogP contribution in [-0.2, 0) is 37.1 Å². The van der Waals surface area contributed by atoms with Crippen LogP contribution >= 0.6 is 0 Å². The fourth-order valence-corrected chi connectivity index (χ4v) is 0.214. The van der Waals surface area contributed by atoms with Gasteiger partial charge in [-0.2, -0.15) is 0 Å². The van der Waals surface area contributed by atoms with Crippen molar-refractivity contribution in [3.63, 3.8) is 0 Å². The zero-order valence-corrected chi connectivity index (χ0v) is 7.49. The summed E-state index contributed by atoms with van der Waals surface area (Å²) in [6.07, 6.45) is -0.593. The number of carboxylic acids is 2. The van der Waals surface area contributed by atoms with Gasteiger partial charge in [-0.3, -0.25) is 9.59 Å². The Morgan fingerprint density at radius 3 is 1.30 bits per heavy atom. The van der Waals surface area contributed by atoms with Crippen molar-refractivity contribution >= 4 is 11.9 Å². The van der Waals surface area contributed by atoms with Gasteiger partial charge >= 0.3 is 39.5 Å². The molecule has 0 aliphatic carbocycles. The second-order valence-electron chi connectivity index (χ2n) is 1.29. The molecular weight excluding hydrogens is 219 g/mol. The van der Waals surface area contributed by atoms with Gasteiger partial charge in [0.05, 0.1) is 12.8 Å². The van der Waals surface area contributed by atoms with Gasteiger partial charge in [-0.15, -0.1) is 0 Å². The molecule has 0 rings (SSSR count). The van der Waals surface area contributed by atoms with Crippen LogP contribution in [0.15, 0.2) is 0 Å². The van der Waals surface area contributed by atoms with Crippen LogP contribution in [0.4, 0.5) is 0 Å². The Morgan fingerprint density at radius 2 is 1.20 bits per heavy atom. The molecule has 6 heteroatoms. The Balaban J connectivity index is 0. The molecule has 0 aromatic rings. The van der Waals surface area contributed by atoms with E-state index < -0.39 is 11.9 Å². The van der Waals surface area contributed by atoms with E-state index in [2.05, 4.69) is 0 Å². The summed E-state index contributed by atoms with van der Waals surface area (Å²) in [6, 6.07) is 0. The summed E-state index contributed by atoms with van der Waals surface area (Å²) in [7, 11) is 0. The van der Waals surface area contributed by atoms with Gasteiger partial charge in [0.15, 0.2) is 0 Å². The van der Waals surface area contributed by atoms with E-state index in [0.717, 1.165) is 0 Å². The van der Waals surface area contributed by atoms with Crippen LogP contribution < -0.4 is 0 Å². The summed E-state index contributed by atoms with van der Waals surface area (Å²) in [4.78, 5) is 19.3. The average Bonchev–Trinajstić information content (AvgIpc) is 1.89. The Kier molecular flexibility index (Phi) is 10.6. The first-order valence-corrected chi connectivity index (χ1v) is 3.27. The van der Waals surface area contributed by atoms with Gasteiger partial charge in [-0.25, -0.2) is 0 Å². The van der Waals surface area contributed by atoms with Gasteiger partial charge in [0.2, 0.25) is 0 Å². The third kappa shape index (κ3) is 15.6. The van der Waals surface area contributed by atoms with Crippen LogP contribution in [0.1, 0.15) is 12.8 Å². The fourth-order valence-electron chi connectivity index (χ4n) is 0.214. The van der Waals surface area contributed by atoms with Gasteiger partial charge in [0, 0.05) is 0 Å². The summed E-state index contributed by atoms with van der Waals surface area (Å²) >= 11 is 0.300. The molecular formula is C4H6O5Zr. The quantitative estimate of drug-likeness (QED) is 0.695. The molecule has 5 nitrogen and oxygen atoms in total. The molecule has 0 bridgehead atoms. The first-order chi connectivity index (χ1) is 4.63. The molecule has 10 heavy (non-hydrogen) atoms. The summed E-state index contributed by atoms with van der Waals surface area (Å²) in [6.45, 7) is 0. The van der Waals surface area contributed by atoms with Gasteiger partial charge in [0.1, 0.15) is 0 Å². The number of hydrogen-bond donors (Lipinski definition) is 2. The van der Waals surface area contributed by atoms with E-state index >= 15 is 0 Å². The number of carbonyl (C=O) groups is 2. The van der Waals surface area contributed by atoms with Crippen LogP contribution in [0.2, 0.25) is 0 Å². The molecule has 0 radical (unpaired) electrons. The van der Waals surface area contributed by atoms with E-state index in [1.165, 1.54) is 0 Å². The maximum absolute atomic E-state index is 9.64. The summed E-state index contributed by atoms with van der Waals surface area (Å²) in [5.41, 5.74) is 0. The van der Waals surface area contributed by atoms with Crippen molar-refractivity contribution in [2.75, 3.05) is 0 Å². The number of aliphatic carboxylic acids is 2. The Morgan fingerprint density at radius 1 is 1.00 bits per heavy atom. The van der Waals surface area contributed by atoms with E-state index in [9.17, 15) is 9.59 Å². The first-order valence-electron chi connectivity index (χ1n) is 2.27. The first kappa shape index (κ1) is 12.3. The zero-order valence-electron chi connectivity index (χ0n) is 5.03. The molecule has 2 N–H and O–H groups in total. The summed E-state index contributed by atoms with van der Waals surface area (Å²) in [5, 5.41) is 15.8. The molecule has 0 heterocycles. The fraction of sp³-hybridized carbons (Fsp3) is 0.500. The number of carboxylic acid groups (broad SMARTS) is 2. The third-order valence-electron chi connectivity index (χ3n) is 0.553. The SMILES string of the molecule is O=C(O)CCC(=O)O.[O]=[Zr]. The van der Waals surface area contributed by atoms with Crippen LogP contribution in [0.3, 0.4) is 0 Å². The molecule has 0 amide bonds. The molecule has 0 aromatic heterocycles. The van der Waals surface area contributed by atoms with E-state index in [1.54, 1.807) is 0 Å². The minimum atomic E-state index is -1.08. The van der Waals surface area contributed by atoms with Gasteiger partial charge < -0.3 is 10.2 Å². The van der Waals surface area contributed by atoms with Crippen LogP contribution in [0.25, 0.3) is 0 Å². The minimum absolute atomic E-state index is 0.296. The maximum atomic E-state index is 9.64. The van der Waals surface area contributed by atoms with Crippen molar-refractivity contribution in [1.29, 1.82) is 0 Å². The molecule has 56 valence electrons. The molecule has 0 spiro atoms. The average molecular weight is 225 g/mol. The molecule has 0 aromatic carbocycles. The van der Waals surface area contributed by atoms with E-state index in [4.69, 9.17) is 13.0 Å². The van der Waals surface area contributed by atoms with Crippen molar-refractivity contribution in [2.24, 2.45) is 0 Å². The topological polar surface area (TPSA) is 91.7 Å². The summed E-state index contributed by atoms with van der Waals surface area (Å²) < 4.78 is 8.34. The van der Waals surface area contributed by atoms with Crippen molar-refractivity contribution in [2.45, 2.75) is 12.8 Å². The summed E-state index contributed by atoms with van der Waals surface area (Å²) in [5.74, 6) is -2.15. The predicted molar refractivity (Wildman–Crippen MR) is 25.2 cm³/mol. The Hall–Kier alpha value is -0.377. The number of hydrogen-bond acceptors (Lipinski definition) is 3. The number of rotatable bonds is 3. The van der Waals surface area contributed by atoms with Gasteiger partial charge in [-0.1, -0.05) is 0 Å². The molecule has 0 unspecified atom stereocenters. The third-order valence-corrected chi connectivity index (χ3v) is 0.553. The van der Waals surface area contributed by atoms with Crippen molar-refractivity contribution in [3.8, 4) is 0 Å². The predicted octanol–water partition coefficient (Wildman–Crippen LogP) is -0.186. The molecule has 0 saturated carbocycles. The van der Waals surface area contributed by atoms with E-state index in [-0.39, 0.29) is 12.8 Å². The van der Waals surface area contributed by atoms with E-state index in [1.807, 2.05) is 0 Å². The van der Waals surface area contributed by atoms with Crippen LogP contribution in [0, 0.1) is 0 Å². The second kappa shape index (κ2) is 8.62. The van der Waals surface area contributed by atoms with Crippen molar-refractivity contribution < 1.29 is 47.3 Å². The van der Waals surface area contributed by atoms with Crippen LogP contribution in [0.5, 0.6) is 0 Å². The monoisotopic (exact) mass is 224 g/mol. The Labute approximate surface area is 72.3 Å². The standard InChI is InChI=1S/C4H6O4.O.Zr/c5-3(6)1-2-4(7)8;;/h1-2H2,(H,5,6)(H,7,8);;. The molecule has 0 saturated heterocycles. The molecule has 0 aliphatic rings. The molecule has 0 atom stereocenters. The normalized spacial score (nSPS) is 7.10. The zero-order chi connectivity index (χ0) is 8.57.